The molecule has 0 aliphatic heterocycles. The van der Waals surface area contributed by atoms with Crippen LogP contribution in [0.25, 0.3) is 11.0 Å². The molecule has 24 heavy (non-hydrogen) atoms. The highest BCUT2D eigenvalue weighted by atomic mass is 35.5. The van der Waals surface area contributed by atoms with E-state index in [1.807, 2.05) is 0 Å². The number of carbonyl (C=O) groups is 2. The van der Waals surface area contributed by atoms with Crippen molar-refractivity contribution in [1.29, 1.82) is 0 Å². The second kappa shape index (κ2) is 6.29. The highest BCUT2D eigenvalue weighted by Gasteiger charge is 2.10. The molecule has 0 radical (unpaired) electrons. The van der Waals surface area contributed by atoms with E-state index in [0.717, 1.165) is 0 Å². The number of nitrogens with zero attached hydrogens (tertiary/aromatic N) is 1. The third-order valence-electron chi connectivity index (χ3n) is 3.48. The molecular formula is C18H13ClN2O3. The Morgan fingerprint density at radius 1 is 1.08 bits per heavy atom. The fraction of sp³-hybridized carbons (Fsp3) is 0.0556. The number of nitrogens with two attached hydrogens (primary N) is 1. The summed E-state index contributed by atoms with van der Waals surface area (Å²) >= 11 is 5.95. The first-order valence-electron chi connectivity index (χ1n) is 7.13. The first-order chi connectivity index (χ1) is 11.4. The number of halogens is 1. The lowest BCUT2D eigenvalue weighted by atomic mass is 10.1. The molecule has 1 heterocycles. The SMILES string of the molecule is CC(=O)c1ccc(N=c2oc3ccc(Cl)cc3cc2C(N)=O)cc1. The van der Waals surface area contributed by atoms with Crippen LogP contribution in [0.3, 0.4) is 0 Å². The van der Waals surface area contributed by atoms with Crippen molar-refractivity contribution in [3.63, 3.8) is 0 Å². The third kappa shape index (κ3) is 3.21. The number of amides is 1. The number of hydrogen-bond acceptors (Lipinski definition) is 4. The van der Waals surface area contributed by atoms with E-state index in [-0.39, 0.29) is 16.9 Å². The van der Waals surface area contributed by atoms with Crippen molar-refractivity contribution in [2.45, 2.75) is 6.92 Å². The first-order valence-corrected chi connectivity index (χ1v) is 7.51. The van der Waals surface area contributed by atoms with Gasteiger partial charge in [0.2, 0.25) is 5.55 Å². The van der Waals surface area contributed by atoms with Gasteiger partial charge in [-0.15, -0.1) is 0 Å². The molecule has 1 aromatic heterocycles. The Bertz CT molecular complexity index is 1020. The van der Waals surface area contributed by atoms with Gasteiger partial charge in [0.15, 0.2) is 5.78 Å². The van der Waals surface area contributed by atoms with Crippen molar-refractivity contribution in [2.24, 2.45) is 10.7 Å². The van der Waals surface area contributed by atoms with E-state index >= 15 is 0 Å². The van der Waals surface area contributed by atoms with Crippen LogP contribution in [-0.4, -0.2) is 11.7 Å². The van der Waals surface area contributed by atoms with Gasteiger partial charge in [-0.3, -0.25) is 9.59 Å². The van der Waals surface area contributed by atoms with Crippen LogP contribution in [0.2, 0.25) is 5.02 Å². The lowest BCUT2D eigenvalue weighted by molar-refractivity contribution is 0.0993. The second-order valence-corrected chi connectivity index (χ2v) is 5.66. The van der Waals surface area contributed by atoms with Crippen molar-refractivity contribution < 1.29 is 14.0 Å². The zero-order valence-electron chi connectivity index (χ0n) is 12.7. The molecule has 6 heteroatoms. The molecule has 1 amide bonds. The van der Waals surface area contributed by atoms with Gasteiger partial charge < -0.3 is 10.2 Å². The highest BCUT2D eigenvalue weighted by Crippen LogP contribution is 2.19. The first kappa shape index (κ1) is 16.0. The van der Waals surface area contributed by atoms with Gasteiger partial charge in [-0.25, -0.2) is 4.99 Å². The molecule has 3 rings (SSSR count). The lowest BCUT2D eigenvalue weighted by Crippen LogP contribution is -2.21. The molecule has 2 aromatic carbocycles. The highest BCUT2D eigenvalue weighted by molar-refractivity contribution is 6.31. The molecule has 0 fully saturated rings. The quantitative estimate of drug-likeness (QED) is 0.739. The maximum absolute atomic E-state index is 11.7. The number of benzene rings is 2. The average Bonchev–Trinajstić information content (AvgIpc) is 2.54. The summed E-state index contributed by atoms with van der Waals surface area (Å²) < 4.78 is 5.70. The molecule has 0 saturated heterocycles. The summed E-state index contributed by atoms with van der Waals surface area (Å²) in [5, 5.41) is 1.18. The maximum Gasteiger partial charge on any atom is 0.254 e. The lowest BCUT2D eigenvalue weighted by Gasteiger charge is -2.03. The number of Topliss-reactive ketones (excluding diaryl/α,β-unsaturated/α-hetero) is 1. The number of primary amides is 1. The van der Waals surface area contributed by atoms with E-state index in [2.05, 4.69) is 4.99 Å². The summed E-state index contributed by atoms with van der Waals surface area (Å²) in [6.45, 7) is 1.49. The van der Waals surface area contributed by atoms with E-state index in [0.29, 0.717) is 27.2 Å². The largest absolute Gasteiger partial charge is 0.438 e. The number of carbonyl (C=O) groups excluding carboxylic acids is 2. The zero-order valence-corrected chi connectivity index (χ0v) is 13.5. The fourth-order valence-corrected chi connectivity index (χ4v) is 2.43. The summed E-state index contributed by atoms with van der Waals surface area (Å²) in [6, 6.07) is 13.3. The van der Waals surface area contributed by atoms with Crippen molar-refractivity contribution in [3.05, 3.63) is 70.2 Å². The number of ketones is 1. The molecular weight excluding hydrogens is 328 g/mol. The number of rotatable bonds is 3. The van der Waals surface area contributed by atoms with Crippen LogP contribution in [0.1, 0.15) is 27.6 Å². The van der Waals surface area contributed by atoms with Gasteiger partial charge in [-0.05, 0) is 55.5 Å². The summed E-state index contributed by atoms with van der Waals surface area (Å²) in [5.74, 6) is -0.689. The second-order valence-electron chi connectivity index (χ2n) is 5.23. The Morgan fingerprint density at radius 3 is 2.42 bits per heavy atom. The molecule has 0 aliphatic carbocycles. The molecule has 3 aromatic rings. The summed E-state index contributed by atoms with van der Waals surface area (Å²) in [4.78, 5) is 27.3. The summed E-state index contributed by atoms with van der Waals surface area (Å²) in [7, 11) is 0. The Kier molecular flexibility index (Phi) is 4.18. The Morgan fingerprint density at radius 2 is 1.79 bits per heavy atom. The molecule has 0 saturated carbocycles. The van der Waals surface area contributed by atoms with Crippen LogP contribution in [0.5, 0.6) is 0 Å². The average molecular weight is 341 g/mol. The molecule has 0 unspecified atom stereocenters. The summed E-state index contributed by atoms with van der Waals surface area (Å²) in [6.07, 6.45) is 0. The van der Waals surface area contributed by atoms with Crippen molar-refractivity contribution in [2.75, 3.05) is 0 Å². The predicted molar refractivity (Wildman–Crippen MR) is 91.4 cm³/mol. The van der Waals surface area contributed by atoms with Crippen LogP contribution in [-0.2, 0) is 0 Å². The molecule has 0 bridgehead atoms. The normalized spacial score (nSPS) is 11.7. The number of fused-ring (bicyclic) bond motifs is 1. The standard InChI is InChI=1S/C18H13ClN2O3/c1-10(22)11-2-5-14(6-3-11)21-18-15(17(20)23)9-12-8-13(19)4-7-16(12)24-18/h2-9H,1H3,(H2,20,23). The zero-order chi connectivity index (χ0) is 17.3. The minimum atomic E-state index is -0.653. The van der Waals surface area contributed by atoms with Gasteiger partial charge in [0.25, 0.3) is 5.91 Å². The van der Waals surface area contributed by atoms with Crippen molar-refractivity contribution in [3.8, 4) is 0 Å². The molecule has 5 nitrogen and oxygen atoms in total. The molecule has 120 valence electrons. The Balaban J connectivity index is 2.19. The van der Waals surface area contributed by atoms with Gasteiger partial charge in [-0.1, -0.05) is 11.6 Å². The molecule has 2 N–H and O–H groups in total. The van der Waals surface area contributed by atoms with Crippen LogP contribution in [0.4, 0.5) is 5.69 Å². The minimum Gasteiger partial charge on any atom is -0.438 e. The molecule has 0 spiro atoms. The van der Waals surface area contributed by atoms with E-state index in [4.69, 9.17) is 21.8 Å². The van der Waals surface area contributed by atoms with E-state index in [9.17, 15) is 9.59 Å². The molecule has 0 aliphatic rings. The Hall–Kier alpha value is -2.92. The van der Waals surface area contributed by atoms with Crippen molar-refractivity contribution in [1.82, 2.24) is 0 Å². The third-order valence-corrected chi connectivity index (χ3v) is 3.71. The molecule has 0 atom stereocenters. The van der Waals surface area contributed by atoms with Crippen LogP contribution >= 0.6 is 11.6 Å². The van der Waals surface area contributed by atoms with E-state index in [1.165, 1.54) is 6.92 Å². The van der Waals surface area contributed by atoms with Gasteiger partial charge in [0.05, 0.1) is 5.69 Å². The minimum absolute atomic E-state index is 0.0355. The monoisotopic (exact) mass is 340 g/mol. The van der Waals surface area contributed by atoms with Gasteiger partial charge >= 0.3 is 0 Å². The van der Waals surface area contributed by atoms with Crippen LogP contribution < -0.4 is 11.3 Å². The Labute approximate surface area is 142 Å². The smallest absolute Gasteiger partial charge is 0.254 e. The topological polar surface area (TPSA) is 85.7 Å². The summed E-state index contributed by atoms with van der Waals surface area (Å²) in [5.41, 5.74) is 7.33. The van der Waals surface area contributed by atoms with Crippen molar-refractivity contribution >= 4 is 39.9 Å². The van der Waals surface area contributed by atoms with Gasteiger partial charge in [0.1, 0.15) is 11.1 Å². The number of hydrogen-bond donors (Lipinski definition) is 1. The maximum atomic E-state index is 11.7. The fourth-order valence-electron chi connectivity index (χ4n) is 2.25. The van der Waals surface area contributed by atoms with Gasteiger partial charge in [-0.2, -0.15) is 0 Å². The van der Waals surface area contributed by atoms with E-state index < -0.39 is 5.91 Å². The van der Waals surface area contributed by atoms with Crippen LogP contribution in [0, 0.1) is 0 Å². The van der Waals surface area contributed by atoms with Gasteiger partial charge in [0, 0.05) is 16.0 Å². The van der Waals surface area contributed by atoms with E-state index in [1.54, 1.807) is 48.5 Å². The van der Waals surface area contributed by atoms with Crippen LogP contribution in [0.15, 0.2) is 57.9 Å². The predicted octanol–water partition coefficient (Wildman–Crippen LogP) is 3.62.